The summed E-state index contributed by atoms with van der Waals surface area (Å²) in [6, 6.07) is 11.5. The van der Waals surface area contributed by atoms with Crippen molar-refractivity contribution in [3.05, 3.63) is 87.6 Å². The molecule has 0 spiro atoms. The Hall–Kier alpha value is -4.32. The van der Waals surface area contributed by atoms with Crippen LogP contribution in [0.15, 0.2) is 53.6 Å². The molecule has 160 valence electrons. The van der Waals surface area contributed by atoms with Gasteiger partial charge in [0.15, 0.2) is 0 Å². The van der Waals surface area contributed by atoms with E-state index < -0.39 is 23.2 Å². The summed E-state index contributed by atoms with van der Waals surface area (Å²) in [6.07, 6.45) is 1.21. The van der Waals surface area contributed by atoms with Gasteiger partial charge in [-0.2, -0.15) is 5.26 Å². The Bertz CT molecular complexity index is 1440. The zero-order chi connectivity index (χ0) is 23.0. The van der Waals surface area contributed by atoms with Gasteiger partial charge < -0.3 is 11.1 Å². The molecule has 3 heterocycles. The van der Waals surface area contributed by atoms with Gasteiger partial charge in [0.05, 0.1) is 11.6 Å². The molecule has 0 amide bonds. The van der Waals surface area contributed by atoms with Crippen molar-refractivity contribution in [3.63, 3.8) is 0 Å². The monoisotopic (exact) mass is 432 g/mol. The van der Waals surface area contributed by atoms with E-state index in [9.17, 15) is 18.8 Å². The molecule has 1 atom stereocenters. The van der Waals surface area contributed by atoms with Gasteiger partial charge in [-0.1, -0.05) is 6.07 Å². The van der Waals surface area contributed by atoms with E-state index in [0.29, 0.717) is 16.8 Å². The second-order valence-electron chi connectivity index (χ2n) is 7.33. The summed E-state index contributed by atoms with van der Waals surface area (Å²) < 4.78 is 29.5. The minimum atomic E-state index is -0.795. The lowest BCUT2D eigenvalue weighted by Gasteiger charge is -2.21. The van der Waals surface area contributed by atoms with Gasteiger partial charge in [-0.25, -0.2) is 18.7 Å². The number of anilines is 2. The van der Waals surface area contributed by atoms with Gasteiger partial charge in [0.1, 0.15) is 41.2 Å². The highest BCUT2D eigenvalue weighted by Crippen LogP contribution is 2.31. The molecule has 9 heteroatoms. The van der Waals surface area contributed by atoms with Gasteiger partial charge in [0.2, 0.25) is 0 Å². The van der Waals surface area contributed by atoms with Crippen LogP contribution in [0.2, 0.25) is 0 Å². The largest absolute Gasteiger partial charge is 0.382 e. The SMILES string of the molecule is Cc1cccc2cc([C@H](C)Nc3ncnc(N)c3C#N)c(-c3cc(F)cc(F)c3)c(=O)n12. The number of aromatic nitrogens is 3. The van der Waals surface area contributed by atoms with Crippen molar-refractivity contribution in [1.29, 1.82) is 5.26 Å². The van der Waals surface area contributed by atoms with E-state index in [0.717, 1.165) is 18.2 Å². The van der Waals surface area contributed by atoms with E-state index in [-0.39, 0.29) is 28.3 Å². The van der Waals surface area contributed by atoms with E-state index in [2.05, 4.69) is 15.3 Å². The molecular weight excluding hydrogens is 414 g/mol. The zero-order valence-corrected chi connectivity index (χ0v) is 17.2. The Morgan fingerprint density at radius 3 is 2.56 bits per heavy atom. The summed E-state index contributed by atoms with van der Waals surface area (Å²) in [4.78, 5) is 21.4. The average molecular weight is 432 g/mol. The third-order valence-corrected chi connectivity index (χ3v) is 5.18. The summed E-state index contributed by atoms with van der Waals surface area (Å²) >= 11 is 0. The molecule has 4 rings (SSSR count). The number of nitriles is 1. The molecule has 3 N–H and O–H groups in total. The number of aryl methyl sites for hydroxylation is 1. The topological polar surface area (TPSA) is 109 Å². The number of nitrogens with zero attached hydrogens (tertiary/aromatic N) is 4. The van der Waals surface area contributed by atoms with Crippen molar-refractivity contribution in [3.8, 4) is 17.2 Å². The molecule has 0 unspecified atom stereocenters. The highest BCUT2D eigenvalue weighted by atomic mass is 19.1. The maximum atomic E-state index is 14.0. The predicted octanol–water partition coefficient (Wildman–Crippen LogP) is 3.97. The first-order valence-corrected chi connectivity index (χ1v) is 9.69. The number of nitrogen functional groups attached to an aromatic ring is 1. The van der Waals surface area contributed by atoms with Crippen LogP contribution in [0.3, 0.4) is 0 Å². The molecule has 7 nitrogen and oxygen atoms in total. The Morgan fingerprint density at radius 1 is 1.16 bits per heavy atom. The van der Waals surface area contributed by atoms with Gasteiger partial charge in [-0.3, -0.25) is 9.20 Å². The van der Waals surface area contributed by atoms with Crippen LogP contribution in [0, 0.1) is 29.9 Å². The molecule has 0 saturated heterocycles. The summed E-state index contributed by atoms with van der Waals surface area (Å²) in [5.74, 6) is -1.39. The molecule has 32 heavy (non-hydrogen) atoms. The number of pyridine rings is 2. The number of rotatable bonds is 4. The molecule has 0 fully saturated rings. The number of hydrogen-bond acceptors (Lipinski definition) is 6. The molecule has 1 aromatic carbocycles. The van der Waals surface area contributed by atoms with Crippen LogP contribution in [0.1, 0.15) is 29.8 Å². The minimum Gasteiger partial charge on any atom is -0.382 e. The second-order valence-corrected chi connectivity index (χ2v) is 7.33. The number of nitrogens with two attached hydrogens (primary N) is 1. The molecular formula is C23H18F2N6O. The summed E-state index contributed by atoms with van der Waals surface area (Å²) in [7, 11) is 0. The molecule has 0 radical (unpaired) electrons. The van der Waals surface area contributed by atoms with Crippen molar-refractivity contribution in [2.45, 2.75) is 19.9 Å². The molecule has 0 bridgehead atoms. The molecule has 0 aliphatic rings. The quantitative estimate of drug-likeness (QED) is 0.505. The van der Waals surface area contributed by atoms with Crippen LogP contribution in [0.4, 0.5) is 20.4 Å². The van der Waals surface area contributed by atoms with E-state index in [1.807, 2.05) is 12.1 Å². The Morgan fingerprint density at radius 2 is 1.88 bits per heavy atom. The Balaban J connectivity index is 1.97. The Kier molecular flexibility index (Phi) is 5.28. The number of nitrogens with one attached hydrogen (secondary N) is 1. The predicted molar refractivity (Wildman–Crippen MR) is 117 cm³/mol. The lowest BCUT2D eigenvalue weighted by atomic mass is 9.95. The van der Waals surface area contributed by atoms with Crippen LogP contribution in [-0.2, 0) is 0 Å². The average Bonchev–Trinajstić information content (AvgIpc) is 2.73. The van der Waals surface area contributed by atoms with Gasteiger partial charge in [-0.05, 0) is 55.3 Å². The summed E-state index contributed by atoms with van der Waals surface area (Å²) in [6.45, 7) is 3.52. The third kappa shape index (κ3) is 3.63. The van der Waals surface area contributed by atoms with Crippen LogP contribution < -0.4 is 16.6 Å². The fraction of sp³-hybridized carbons (Fsp3) is 0.130. The molecule has 0 aliphatic carbocycles. The molecule has 3 aromatic heterocycles. The van der Waals surface area contributed by atoms with E-state index >= 15 is 0 Å². The van der Waals surface area contributed by atoms with Gasteiger partial charge >= 0.3 is 0 Å². The lowest BCUT2D eigenvalue weighted by Crippen LogP contribution is -2.22. The third-order valence-electron chi connectivity index (χ3n) is 5.18. The van der Waals surface area contributed by atoms with E-state index in [1.54, 1.807) is 32.0 Å². The van der Waals surface area contributed by atoms with Crippen molar-refractivity contribution < 1.29 is 8.78 Å². The molecule has 4 aromatic rings. The number of benzene rings is 1. The maximum absolute atomic E-state index is 14.0. The van der Waals surface area contributed by atoms with Crippen LogP contribution in [-0.4, -0.2) is 14.4 Å². The minimum absolute atomic E-state index is 0.0128. The number of fused-ring (bicyclic) bond motifs is 1. The van der Waals surface area contributed by atoms with Crippen molar-refractivity contribution in [1.82, 2.24) is 14.4 Å². The standard InChI is InChI=1S/C23H18F2N6O/c1-12-4-3-5-17-9-18(13(2)30-22-19(10-26)21(27)28-11-29-22)20(23(32)31(12)17)14-6-15(24)8-16(25)7-14/h3-9,11,13H,1-2H3,(H3,27,28,29,30)/t13-/m0/s1. The van der Waals surface area contributed by atoms with Crippen LogP contribution in [0.25, 0.3) is 16.6 Å². The first-order chi connectivity index (χ1) is 15.3. The lowest BCUT2D eigenvalue weighted by molar-refractivity contribution is 0.584. The zero-order valence-electron chi connectivity index (χ0n) is 17.2. The Labute approximate surface area is 181 Å². The fourth-order valence-corrected chi connectivity index (χ4v) is 3.73. The van der Waals surface area contributed by atoms with Gasteiger partial charge in [-0.15, -0.1) is 0 Å². The van der Waals surface area contributed by atoms with Crippen molar-refractivity contribution in [2.24, 2.45) is 0 Å². The normalized spacial score (nSPS) is 11.8. The first kappa shape index (κ1) is 20.9. The maximum Gasteiger partial charge on any atom is 0.263 e. The summed E-state index contributed by atoms with van der Waals surface area (Å²) in [5, 5.41) is 12.5. The van der Waals surface area contributed by atoms with Crippen LogP contribution >= 0.6 is 0 Å². The van der Waals surface area contributed by atoms with Gasteiger partial charge in [0.25, 0.3) is 5.56 Å². The second kappa shape index (κ2) is 8.07. The molecule has 0 saturated carbocycles. The smallest absolute Gasteiger partial charge is 0.263 e. The summed E-state index contributed by atoms with van der Waals surface area (Å²) in [5.41, 5.74) is 7.42. The number of halogens is 2. The fourth-order valence-electron chi connectivity index (χ4n) is 3.73. The highest BCUT2D eigenvalue weighted by Gasteiger charge is 2.21. The highest BCUT2D eigenvalue weighted by molar-refractivity contribution is 5.72. The molecule has 0 aliphatic heterocycles. The van der Waals surface area contributed by atoms with Crippen LogP contribution in [0.5, 0.6) is 0 Å². The first-order valence-electron chi connectivity index (χ1n) is 9.69. The van der Waals surface area contributed by atoms with Crippen molar-refractivity contribution in [2.75, 3.05) is 11.1 Å². The van der Waals surface area contributed by atoms with Gasteiger partial charge in [0, 0.05) is 17.3 Å². The van der Waals surface area contributed by atoms with E-state index in [4.69, 9.17) is 5.73 Å². The number of hydrogen-bond donors (Lipinski definition) is 2. The van der Waals surface area contributed by atoms with E-state index in [1.165, 1.54) is 10.7 Å². The van der Waals surface area contributed by atoms with Crippen molar-refractivity contribution >= 4 is 17.2 Å².